The van der Waals surface area contributed by atoms with Crippen LogP contribution in [0.15, 0.2) is 53.7 Å². The van der Waals surface area contributed by atoms with Crippen LogP contribution < -0.4 is 5.49 Å². The van der Waals surface area contributed by atoms with Gasteiger partial charge in [-0.1, -0.05) is 23.8 Å². The van der Waals surface area contributed by atoms with Gasteiger partial charge in [0.15, 0.2) is 0 Å². The van der Waals surface area contributed by atoms with E-state index in [0.29, 0.717) is 11.1 Å². The lowest BCUT2D eigenvalue weighted by Crippen LogP contribution is -2.28. The number of benzene rings is 1. The van der Waals surface area contributed by atoms with E-state index >= 15 is 0 Å². The van der Waals surface area contributed by atoms with Gasteiger partial charge in [0.1, 0.15) is 5.49 Å². The van der Waals surface area contributed by atoms with Crippen LogP contribution in [0.25, 0.3) is 0 Å². The Kier molecular flexibility index (Phi) is 3.95. The molecule has 1 aromatic heterocycles. The lowest BCUT2D eigenvalue weighted by Gasteiger charge is -2.07. The molecule has 0 saturated heterocycles. The molecule has 3 heteroatoms. The van der Waals surface area contributed by atoms with Crippen LogP contribution in [0.4, 0.5) is 0 Å². The minimum absolute atomic E-state index is 0.0521. The van der Waals surface area contributed by atoms with Crippen molar-refractivity contribution in [1.82, 2.24) is 4.57 Å². The molecule has 19 heavy (non-hydrogen) atoms. The quantitative estimate of drug-likeness (QED) is 0.811. The van der Waals surface area contributed by atoms with Gasteiger partial charge in [0.05, 0.1) is 0 Å². The maximum atomic E-state index is 12.5. The van der Waals surface area contributed by atoms with Crippen LogP contribution in [0.3, 0.4) is 0 Å². The van der Waals surface area contributed by atoms with Gasteiger partial charge in [0, 0.05) is 17.8 Å². The van der Waals surface area contributed by atoms with Crippen LogP contribution >= 0.6 is 0 Å². The number of rotatable bonds is 2. The van der Waals surface area contributed by atoms with Gasteiger partial charge in [-0.25, -0.2) is 0 Å². The van der Waals surface area contributed by atoms with E-state index in [9.17, 15) is 4.79 Å². The van der Waals surface area contributed by atoms with Gasteiger partial charge in [0.2, 0.25) is 0 Å². The third kappa shape index (κ3) is 3.19. The second kappa shape index (κ2) is 5.65. The van der Waals surface area contributed by atoms with Crippen molar-refractivity contribution in [1.29, 1.82) is 0 Å². The highest BCUT2D eigenvalue weighted by Gasteiger charge is 2.08. The monoisotopic (exact) mass is 254 g/mol. The lowest BCUT2D eigenvalue weighted by molar-refractivity contribution is 0.0954. The molecule has 98 valence electrons. The van der Waals surface area contributed by atoms with Crippen molar-refractivity contribution in [2.24, 2.45) is 4.99 Å². The first kappa shape index (κ1) is 13.3. The zero-order valence-corrected chi connectivity index (χ0v) is 11.5. The predicted molar refractivity (Wildman–Crippen MR) is 76.0 cm³/mol. The Morgan fingerprint density at radius 2 is 1.95 bits per heavy atom. The first-order valence-corrected chi connectivity index (χ1v) is 6.41. The van der Waals surface area contributed by atoms with Crippen LogP contribution in [-0.4, -0.2) is 16.5 Å². The van der Waals surface area contributed by atoms with E-state index in [4.69, 9.17) is 0 Å². The average Bonchev–Trinajstić information content (AvgIpc) is 2.38. The molecule has 1 heterocycles. The summed E-state index contributed by atoms with van der Waals surface area (Å²) in [5.41, 5.74) is 2.44. The summed E-state index contributed by atoms with van der Waals surface area (Å²) < 4.78 is 1.59. The molecule has 0 N–H and O–H groups in total. The van der Waals surface area contributed by atoms with Crippen LogP contribution in [-0.2, 0) is 0 Å². The van der Waals surface area contributed by atoms with E-state index in [1.54, 1.807) is 10.8 Å². The molecule has 2 aromatic rings. The van der Waals surface area contributed by atoms with E-state index < -0.39 is 0 Å². The highest BCUT2D eigenvalue weighted by molar-refractivity contribution is 5.95. The zero-order chi connectivity index (χ0) is 13.8. The number of pyridine rings is 1. The fourth-order valence-electron chi connectivity index (χ4n) is 1.89. The second-order valence-electron chi connectivity index (χ2n) is 4.83. The molecule has 0 fully saturated rings. The smallest absolute Gasteiger partial charge is 0.263 e. The largest absolute Gasteiger partial charge is 0.268 e. The molecule has 0 bridgehead atoms. The maximum Gasteiger partial charge on any atom is 0.263 e. The predicted octanol–water partition coefficient (Wildman–Crippen LogP) is 2.79. The molecular formula is C16H18N2O. The number of hydrogen-bond acceptors (Lipinski definition) is 2. The first-order valence-electron chi connectivity index (χ1n) is 6.41. The summed E-state index contributed by atoms with van der Waals surface area (Å²) in [6.07, 6.45) is 1.76. The summed E-state index contributed by atoms with van der Waals surface area (Å²) in [5, 5.41) is 0. The summed E-state index contributed by atoms with van der Waals surface area (Å²) in [6, 6.07) is 13.3. The van der Waals surface area contributed by atoms with Crippen LogP contribution in [0.5, 0.6) is 0 Å². The number of aromatic nitrogens is 1. The Balaban J connectivity index is 2.51. The highest BCUT2D eigenvalue weighted by atomic mass is 16.2. The van der Waals surface area contributed by atoms with Crippen molar-refractivity contribution in [2.45, 2.75) is 26.8 Å². The Hall–Kier alpha value is -2.16. The van der Waals surface area contributed by atoms with Gasteiger partial charge < -0.3 is 0 Å². The summed E-state index contributed by atoms with van der Waals surface area (Å²) >= 11 is 0. The Morgan fingerprint density at radius 3 is 2.63 bits per heavy atom. The molecule has 0 radical (unpaired) electrons. The molecule has 0 aliphatic carbocycles. The summed E-state index contributed by atoms with van der Waals surface area (Å²) in [4.78, 5) is 17.0. The second-order valence-corrected chi connectivity index (χ2v) is 4.83. The minimum atomic E-state index is -0.0521. The third-order valence-electron chi connectivity index (χ3n) is 2.71. The zero-order valence-electron chi connectivity index (χ0n) is 11.5. The van der Waals surface area contributed by atoms with Crippen LogP contribution in [0, 0.1) is 6.92 Å². The van der Waals surface area contributed by atoms with Crippen molar-refractivity contribution in [3.8, 4) is 0 Å². The third-order valence-corrected chi connectivity index (χ3v) is 2.71. The molecule has 0 saturated carbocycles. The lowest BCUT2D eigenvalue weighted by atomic mass is 10.1. The minimum Gasteiger partial charge on any atom is -0.268 e. The van der Waals surface area contributed by atoms with Crippen molar-refractivity contribution < 1.29 is 4.79 Å². The average molecular weight is 254 g/mol. The van der Waals surface area contributed by atoms with Gasteiger partial charge in [0.25, 0.3) is 5.91 Å². The molecule has 0 aliphatic rings. The molecule has 2 rings (SSSR count). The molecule has 1 aromatic carbocycles. The molecule has 0 spiro atoms. The Bertz CT molecular complexity index is 654. The standard InChI is InChI=1S/C16H18N2O/c1-12(2)17-15-9-4-5-10-18(15)16(19)14-8-6-7-13(3)11-14/h4-12H,1-3H3. The fraction of sp³-hybridized carbons (Fsp3) is 0.250. The van der Waals surface area contributed by atoms with E-state index in [-0.39, 0.29) is 11.9 Å². The van der Waals surface area contributed by atoms with Gasteiger partial charge in [-0.3, -0.25) is 14.4 Å². The Labute approximate surface area is 113 Å². The normalized spacial score (nSPS) is 11.9. The van der Waals surface area contributed by atoms with Gasteiger partial charge in [-0.05, 0) is 45.0 Å². The molecule has 0 amide bonds. The Morgan fingerprint density at radius 1 is 1.16 bits per heavy atom. The van der Waals surface area contributed by atoms with E-state index in [2.05, 4.69) is 4.99 Å². The van der Waals surface area contributed by atoms with Crippen molar-refractivity contribution in [3.63, 3.8) is 0 Å². The van der Waals surface area contributed by atoms with Crippen molar-refractivity contribution in [2.75, 3.05) is 0 Å². The first-order chi connectivity index (χ1) is 9.08. The summed E-state index contributed by atoms with van der Waals surface area (Å²) in [7, 11) is 0. The number of carbonyl (C=O) groups is 1. The van der Waals surface area contributed by atoms with E-state index in [0.717, 1.165) is 5.56 Å². The SMILES string of the molecule is Cc1cccc(C(=O)n2ccccc2=NC(C)C)c1. The van der Waals surface area contributed by atoms with Crippen LogP contribution in [0.1, 0.15) is 29.8 Å². The number of hydrogen-bond donors (Lipinski definition) is 0. The fourth-order valence-corrected chi connectivity index (χ4v) is 1.89. The highest BCUT2D eigenvalue weighted by Crippen LogP contribution is 2.05. The molecular weight excluding hydrogens is 236 g/mol. The van der Waals surface area contributed by atoms with Crippen LogP contribution in [0.2, 0.25) is 0 Å². The molecule has 0 unspecified atom stereocenters. The van der Waals surface area contributed by atoms with E-state index in [1.165, 1.54) is 0 Å². The molecule has 0 atom stereocenters. The molecule has 0 aliphatic heterocycles. The van der Waals surface area contributed by atoms with Crippen molar-refractivity contribution >= 4 is 5.91 Å². The van der Waals surface area contributed by atoms with Gasteiger partial charge in [-0.2, -0.15) is 0 Å². The van der Waals surface area contributed by atoms with Gasteiger partial charge in [-0.15, -0.1) is 0 Å². The number of aryl methyl sites for hydroxylation is 1. The maximum absolute atomic E-state index is 12.5. The van der Waals surface area contributed by atoms with Crippen molar-refractivity contribution in [3.05, 3.63) is 65.3 Å². The summed E-state index contributed by atoms with van der Waals surface area (Å²) in [6.45, 7) is 5.97. The topological polar surface area (TPSA) is 34.4 Å². The van der Waals surface area contributed by atoms with Gasteiger partial charge >= 0.3 is 0 Å². The summed E-state index contributed by atoms with van der Waals surface area (Å²) in [5.74, 6) is -0.0521. The molecule has 3 nitrogen and oxygen atoms in total. The number of nitrogens with zero attached hydrogens (tertiary/aromatic N) is 2. The number of carbonyl (C=O) groups excluding carboxylic acids is 1. The van der Waals surface area contributed by atoms with E-state index in [1.807, 2.05) is 63.2 Å².